The molecule has 1 aromatic heterocycles. The number of pyridine rings is 1. The highest BCUT2D eigenvalue weighted by Crippen LogP contribution is 2.11. The average molecular weight is 257 g/mol. The smallest absolute Gasteiger partial charge is 0.269 e. The lowest BCUT2D eigenvalue weighted by atomic mass is 10.2. The van der Waals surface area contributed by atoms with Gasteiger partial charge >= 0.3 is 0 Å². The predicted octanol–water partition coefficient (Wildman–Crippen LogP) is 2.59. The minimum Gasteiger partial charge on any atom is -0.307 e. The highest BCUT2D eigenvalue weighted by atomic mass is 16.6. The Morgan fingerprint density at radius 2 is 1.89 bits per heavy atom. The molecule has 0 fully saturated rings. The van der Waals surface area contributed by atoms with Crippen molar-refractivity contribution in [2.24, 2.45) is 0 Å². The lowest BCUT2D eigenvalue weighted by Crippen LogP contribution is -2.13. The van der Waals surface area contributed by atoms with Crippen LogP contribution in [0.25, 0.3) is 0 Å². The number of nitrogens with zero attached hydrogens (tertiary/aromatic N) is 2. The molecule has 0 bridgehead atoms. The molecule has 0 aliphatic rings. The monoisotopic (exact) mass is 257 g/mol. The van der Waals surface area contributed by atoms with Gasteiger partial charge in [-0.3, -0.25) is 15.1 Å². The lowest BCUT2D eigenvalue weighted by molar-refractivity contribution is -0.384. The summed E-state index contributed by atoms with van der Waals surface area (Å²) < 4.78 is 0. The van der Waals surface area contributed by atoms with Gasteiger partial charge in [0.2, 0.25) is 0 Å². The van der Waals surface area contributed by atoms with E-state index in [0.29, 0.717) is 13.1 Å². The predicted molar refractivity (Wildman–Crippen MR) is 72.6 cm³/mol. The van der Waals surface area contributed by atoms with E-state index in [1.807, 2.05) is 25.3 Å². The molecule has 5 heteroatoms. The van der Waals surface area contributed by atoms with Gasteiger partial charge in [-0.25, -0.2) is 0 Å². The van der Waals surface area contributed by atoms with Gasteiger partial charge < -0.3 is 5.32 Å². The van der Waals surface area contributed by atoms with Crippen LogP contribution in [-0.4, -0.2) is 9.91 Å². The Morgan fingerprint density at radius 3 is 2.47 bits per heavy atom. The van der Waals surface area contributed by atoms with Crippen LogP contribution in [0.1, 0.15) is 16.8 Å². The molecule has 2 aromatic rings. The average Bonchev–Trinajstić information content (AvgIpc) is 2.41. The van der Waals surface area contributed by atoms with E-state index in [1.165, 1.54) is 12.1 Å². The van der Waals surface area contributed by atoms with Crippen molar-refractivity contribution in [1.82, 2.24) is 10.3 Å². The van der Waals surface area contributed by atoms with E-state index in [-0.39, 0.29) is 5.69 Å². The van der Waals surface area contributed by atoms with Gasteiger partial charge in [-0.1, -0.05) is 18.2 Å². The number of aromatic nitrogens is 1. The third kappa shape index (κ3) is 3.86. The number of hydrogen-bond acceptors (Lipinski definition) is 4. The molecule has 1 N–H and O–H groups in total. The van der Waals surface area contributed by atoms with E-state index in [1.54, 1.807) is 12.1 Å². The summed E-state index contributed by atoms with van der Waals surface area (Å²) in [7, 11) is 0. The summed E-state index contributed by atoms with van der Waals surface area (Å²) in [4.78, 5) is 14.4. The van der Waals surface area contributed by atoms with E-state index in [4.69, 9.17) is 0 Å². The van der Waals surface area contributed by atoms with Crippen molar-refractivity contribution in [2.75, 3.05) is 0 Å². The highest BCUT2D eigenvalue weighted by molar-refractivity contribution is 5.32. The van der Waals surface area contributed by atoms with E-state index in [0.717, 1.165) is 16.8 Å². The zero-order valence-electron chi connectivity index (χ0n) is 10.7. The summed E-state index contributed by atoms with van der Waals surface area (Å²) in [6.45, 7) is 3.34. The number of nitro benzene ring substituents is 1. The summed E-state index contributed by atoms with van der Waals surface area (Å²) in [6, 6.07) is 10.6. The maximum atomic E-state index is 10.5. The Bertz CT molecular complexity index is 550. The first-order chi connectivity index (χ1) is 9.15. The molecule has 2 rings (SSSR count). The molecule has 0 radical (unpaired) electrons. The summed E-state index contributed by atoms with van der Waals surface area (Å²) in [5.74, 6) is 0. The van der Waals surface area contributed by atoms with E-state index in [9.17, 15) is 10.1 Å². The van der Waals surface area contributed by atoms with Gasteiger partial charge in [-0.15, -0.1) is 0 Å². The third-order valence-corrected chi connectivity index (χ3v) is 2.76. The van der Waals surface area contributed by atoms with Gasteiger partial charge in [0.1, 0.15) is 0 Å². The second kappa shape index (κ2) is 6.06. The molecule has 0 aliphatic heterocycles. The maximum Gasteiger partial charge on any atom is 0.269 e. The van der Waals surface area contributed by atoms with Crippen LogP contribution in [0, 0.1) is 17.0 Å². The zero-order chi connectivity index (χ0) is 13.7. The topological polar surface area (TPSA) is 68.1 Å². The van der Waals surface area contributed by atoms with Crippen LogP contribution in [0.4, 0.5) is 5.69 Å². The van der Waals surface area contributed by atoms with Crippen LogP contribution < -0.4 is 5.32 Å². The SMILES string of the molecule is Cc1ccc(CNCc2ccc([N+](=O)[O-])cc2)nc1. The summed E-state index contributed by atoms with van der Waals surface area (Å²) in [5.41, 5.74) is 3.24. The number of non-ortho nitro benzene ring substituents is 1. The number of nitro groups is 1. The fourth-order valence-corrected chi connectivity index (χ4v) is 1.67. The van der Waals surface area contributed by atoms with Crippen LogP contribution in [0.5, 0.6) is 0 Å². The highest BCUT2D eigenvalue weighted by Gasteiger charge is 2.03. The van der Waals surface area contributed by atoms with E-state index < -0.39 is 4.92 Å². The number of rotatable bonds is 5. The normalized spacial score (nSPS) is 10.4. The van der Waals surface area contributed by atoms with Crippen molar-refractivity contribution in [1.29, 1.82) is 0 Å². The standard InChI is InChI=1S/C14H15N3O2/c1-11-2-5-13(16-8-11)10-15-9-12-3-6-14(7-4-12)17(18)19/h2-8,15H,9-10H2,1H3. The first-order valence-electron chi connectivity index (χ1n) is 6.01. The fourth-order valence-electron chi connectivity index (χ4n) is 1.67. The van der Waals surface area contributed by atoms with Crippen molar-refractivity contribution >= 4 is 5.69 Å². The minimum atomic E-state index is -0.395. The molecule has 98 valence electrons. The van der Waals surface area contributed by atoms with Gasteiger partial charge in [0.15, 0.2) is 0 Å². The van der Waals surface area contributed by atoms with Crippen molar-refractivity contribution in [2.45, 2.75) is 20.0 Å². The van der Waals surface area contributed by atoms with Crippen LogP contribution in [0.2, 0.25) is 0 Å². The molecular formula is C14H15N3O2. The maximum absolute atomic E-state index is 10.5. The van der Waals surface area contributed by atoms with Crippen LogP contribution in [-0.2, 0) is 13.1 Å². The molecule has 1 heterocycles. The molecule has 0 atom stereocenters. The molecule has 0 saturated heterocycles. The largest absolute Gasteiger partial charge is 0.307 e. The van der Waals surface area contributed by atoms with Crippen molar-refractivity contribution in [3.8, 4) is 0 Å². The second-order valence-electron chi connectivity index (χ2n) is 4.35. The van der Waals surface area contributed by atoms with Crippen LogP contribution in [0.3, 0.4) is 0 Å². The number of nitrogens with one attached hydrogen (secondary N) is 1. The second-order valence-corrected chi connectivity index (χ2v) is 4.35. The number of hydrogen-bond donors (Lipinski definition) is 1. The van der Waals surface area contributed by atoms with E-state index >= 15 is 0 Å². The molecule has 1 aromatic carbocycles. The Kier molecular flexibility index (Phi) is 4.20. The fraction of sp³-hybridized carbons (Fsp3) is 0.214. The van der Waals surface area contributed by atoms with Gasteiger partial charge in [0.05, 0.1) is 10.6 Å². The number of aryl methyl sites for hydroxylation is 1. The summed E-state index contributed by atoms with van der Waals surface area (Å²) >= 11 is 0. The molecule has 0 aliphatic carbocycles. The first-order valence-corrected chi connectivity index (χ1v) is 6.01. The Morgan fingerprint density at radius 1 is 1.16 bits per heavy atom. The third-order valence-electron chi connectivity index (χ3n) is 2.76. The molecule has 0 saturated carbocycles. The first kappa shape index (κ1) is 13.2. The molecule has 0 unspecified atom stereocenters. The minimum absolute atomic E-state index is 0.115. The molecule has 0 amide bonds. The van der Waals surface area contributed by atoms with Crippen molar-refractivity contribution in [3.63, 3.8) is 0 Å². The van der Waals surface area contributed by atoms with Crippen LogP contribution in [0.15, 0.2) is 42.6 Å². The van der Waals surface area contributed by atoms with Crippen LogP contribution >= 0.6 is 0 Å². The Labute approximate surface area is 111 Å². The summed E-state index contributed by atoms with van der Waals surface area (Å²) in [5, 5.41) is 13.8. The molecule has 5 nitrogen and oxygen atoms in total. The zero-order valence-corrected chi connectivity index (χ0v) is 10.7. The van der Waals surface area contributed by atoms with Gasteiger partial charge in [-0.05, 0) is 24.1 Å². The van der Waals surface area contributed by atoms with E-state index in [2.05, 4.69) is 10.3 Å². The van der Waals surface area contributed by atoms with Crippen molar-refractivity contribution in [3.05, 3.63) is 69.5 Å². The number of benzene rings is 1. The molecule has 19 heavy (non-hydrogen) atoms. The quantitative estimate of drug-likeness (QED) is 0.660. The van der Waals surface area contributed by atoms with Gasteiger partial charge in [-0.2, -0.15) is 0 Å². The van der Waals surface area contributed by atoms with Gasteiger partial charge in [0.25, 0.3) is 5.69 Å². The lowest BCUT2D eigenvalue weighted by Gasteiger charge is -2.04. The summed E-state index contributed by atoms with van der Waals surface area (Å²) in [6.07, 6.45) is 1.84. The molecular weight excluding hydrogens is 242 g/mol. The van der Waals surface area contributed by atoms with Gasteiger partial charge in [0, 0.05) is 31.4 Å². The molecule has 0 spiro atoms. The Balaban J connectivity index is 1.85. The van der Waals surface area contributed by atoms with Crippen molar-refractivity contribution < 1.29 is 4.92 Å². The Hall–Kier alpha value is -2.27.